The van der Waals surface area contributed by atoms with Gasteiger partial charge in [0.05, 0.1) is 22.3 Å². The lowest BCUT2D eigenvalue weighted by Gasteiger charge is -2.11. The molecule has 2 N–H and O–H groups in total. The van der Waals surface area contributed by atoms with Crippen LogP contribution in [0.2, 0.25) is 0 Å². The monoisotopic (exact) mass is 369 g/mol. The molecule has 0 unspecified atom stereocenters. The van der Waals surface area contributed by atoms with Gasteiger partial charge in [-0.05, 0) is 36.4 Å². The molecule has 2 amide bonds. The van der Waals surface area contributed by atoms with Crippen LogP contribution in [0.3, 0.4) is 0 Å². The zero-order valence-electron chi connectivity index (χ0n) is 14.7. The third kappa shape index (κ3) is 3.54. The smallest absolute Gasteiger partial charge is 0.267 e. The molecule has 1 aromatic carbocycles. The van der Waals surface area contributed by atoms with Crippen LogP contribution < -0.4 is 10.9 Å². The van der Waals surface area contributed by atoms with Crippen LogP contribution in [-0.2, 0) is 0 Å². The number of amides is 2. The van der Waals surface area contributed by atoms with Crippen LogP contribution in [0.15, 0.2) is 79.4 Å². The Hall–Kier alpha value is -4.13. The van der Waals surface area contributed by atoms with Gasteiger partial charge in [-0.1, -0.05) is 18.2 Å². The number of para-hydroxylation sites is 1. The van der Waals surface area contributed by atoms with Gasteiger partial charge in [0.2, 0.25) is 0 Å². The molecule has 136 valence electrons. The Kier molecular flexibility index (Phi) is 4.71. The maximum Gasteiger partial charge on any atom is 0.271 e. The lowest BCUT2D eigenvalue weighted by Crippen LogP contribution is -2.41. The van der Waals surface area contributed by atoms with E-state index in [-0.39, 0.29) is 0 Å². The van der Waals surface area contributed by atoms with E-state index in [4.69, 9.17) is 0 Å². The summed E-state index contributed by atoms with van der Waals surface area (Å²) in [7, 11) is 0. The summed E-state index contributed by atoms with van der Waals surface area (Å²) in [5.41, 5.74) is 7.79. The number of hydrogen-bond acceptors (Lipinski definition) is 5. The van der Waals surface area contributed by atoms with Crippen molar-refractivity contribution in [1.29, 1.82) is 0 Å². The van der Waals surface area contributed by atoms with Gasteiger partial charge in [-0.3, -0.25) is 30.4 Å². The van der Waals surface area contributed by atoms with E-state index >= 15 is 0 Å². The first-order valence-corrected chi connectivity index (χ1v) is 8.53. The van der Waals surface area contributed by atoms with E-state index in [1.54, 1.807) is 36.8 Å². The fraction of sp³-hybridized carbons (Fsp3) is 0. The van der Waals surface area contributed by atoms with E-state index in [9.17, 15) is 9.59 Å². The molecular weight excluding hydrogens is 354 g/mol. The van der Waals surface area contributed by atoms with Crippen molar-refractivity contribution in [3.8, 4) is 11.3 Å². The molecule has 7 heteroatoms. The van der Waals surface area contributed by atoms with Gasteiger partial charge in [-0.15, -0.1) is 0 Å². The van der Waals surface area contributed by atoms with Gasteiger partial charge in [0.1, 0.15) is 0 Å². The van der Waals surface area contributed by atoms with Crippen LogP contribution in [0, 0.1) is 0 Å². The Morgan fingerprint density at radius 3 is 2.36 bits per heavy atom. The number of carbonyl (C=O) groups excluding carboxylic acids is 2. The summed E-state index contributed by atoms with van der Waals surface area (Å²) >= 11 is 0. The molecule has 4 aromatic rings. The summed E-state index contributed by atoms with van der Waals surface area (Å²) in [6, 6.07) is 15.9. The molecular formula is C21H15N5O2. The Labute approximate surface area is 160 Å². The van der Waals surface area contributed by atoms with Crippen molar-refractivity contribution in [1.82, 2.24) is 25.8 Å². The lowest BCUT2D eigenvalue weighted by atomic mass is 10.0. The maximum absolute atomic E-state index is 12.8. The zero-order valence-corrected chi connectivity index (χ0v) is 14.7. The average Bonchev–Trinajstić information content (AvgIpc) is 2.77. The molecule has 4 rings (SSSR count). The number of rotatable bonds is 3. The number of fused-ring (bicyclic) bond motifs is 1. The minimum absolute atomic E-state index is 0.347. The van der Waals surface area contributed by atoms with Gasteiger partial charge in [-0.2, -0.15) is 0 Å². The third-order valence-electron chi connectivity index (χ3n) is 4.15. The highest BCUT2D eigenvalue weighted by molar-refractivity contribution is 6.08. The second kappa shape index (κ2) is 7.63. The van der Waals surface area contributed by atoms with Crippen molar-refractivity contribution in [3.63, 3.8) is 0 Å². The fourth-order valence-corrected chi connectivity index (χ4v) is 2.78. The Bertz CT molecular complexity index is 1150. The summed E-state index contributed by atoms with van der Waals surface area (Å²) in [6.07, 6.45) is 6.32. The summed E-state index contributed by atoms with van der Waals surface area (Å²) in [5, 5.41) is 0.688. The summed E-state index contributed by atoms with van der Waals surface area (Å²) < 4.78 is 0. The predicted molar refractivity (Wildman–Crippen MR) is 104 cm³/mol. The molecule has 7 nitrogen and oxygen atoms in total. The molecule has 0 saturated carbocycles. The highest BCUT2D eigenvalue weighted by atomic mass is 16.2. The second-order valence-corrected chi connectivity index (χ2v) is 5.96. The minimum atomic E-state index is -0.450. The number of carbonyl (C=O) groups is 2. The van der Waals surface area contributed by atoms with E-state index in [0.717, 1.165) is 5.56 Å². The van der Waals surface area contributed by atoms with Crippen LogP contribution in [0.1, 0.15) is 20.7 Å². The number of pyridine rings is 3. The van der Waals surface area contributed by atoms with Crippen LogP contribution in [0.4, 0.5) is 0 Å². The maximum atomic E-state index is 12.8. The van der Waals surface area contributed by atoms with E-state index in [1.807, 2.05) is 36.4 Å². The standard InChI is InChI=1S/C21H15N5O2/c27-20(15-4-3-9-23-13-15)25-26-21(28)17-12-19(14-7-10-22-11-8-14)24-18-6-2-1-5-16(17)18/h1-13H,(H,25,27)(H,26,28). The zero-order chi connectivity index (χ0) is 19.3. The van der Waals surface area contributed by atoms with Crippen molar-refractivity contribution in [2.75, 3.05) is 0 Å². The second-order valence-electron chi connectivity index (χ2n) is 5.96. The molecule has 0 aliphatic rings. The van der Waals surface area contributed by atoms with Crippen molar-refractivity contribution in [2.24, 2.45) is 0 Å². The number of benzene rings is 1. The van der Waals surface area contributed by atoms with Gasteiger partial charge in [0.25, 0.3) is 11.8 Å². The summed E-state index contributed by atoms with van der Waals surface area (Å²) in [5.74, 6) is -0.889. The SMILES string of the molecule is O=C(NNC(=O)c1cc(-c2ccncc2)nc2ccccc12)c1cccnc1. The third-order valence-corrected chi connectivity index (χ3v) is 4.15. The normalized spacial score (nSPS) is 10.4. The van der Waals surface area contributed by atoms with Crippen LogP contribution in [0.5, 0.6) is 0 Å². The van der Waals surface area contributed by atoms with Crippen molar-refractivity contribution in [2.45, 2.75) is 0 Å². The van der Waals surface area contributed by atoms with Crippen molar-refractivity contribution >= 4 is 22.7 Å². The first kappa shape index (κ1) is 17.3. The highest BCUT2D eigenvalue weighted by Gasteiger charge is 2.15. The molecule has 28 heavy (non-hydrogen) atoms. The average molecular weight is 369 g/mol. The Morgan fingerprint density at radius 1 is 0.786 bits per heavy atom. The van der Waals surface area contributed by atoms with E-state index < -0.39 is 11.8 Å². The first-order chi connectivity index (χ1) is 13.7. The van der Waals surface area contributed by atoms with Crippen LogP contribution in [-0.4, -0.2) is 26.8 Å². The van der Waals surface area contributed by atoms with Gasteiger partial charge in [-0.25, -0.2) is 4.98 Å². The van der Waals surface area contributed by atoms with E-state index in [2.05, 4.69) is 25.8 Å². The van der Waals surface area contributed by atoms with Gasteiger partial charge < -0.3 is 0 Å². The molecule has 0 radical (unpaired) electrons. The molecule has 0 aliphatic heterocycles. The topological polar surface area (TPSA) is 96.9 Å². The number of nitrogens with one attached hydrogen (secondary N) is 2. The number of aromatic nitrogens is 3. The van der Waals surface area contributed by atoms with Gasteiger partial charge in [0.15, 0.2) is 0 Å². The lowest BCUT2D eigenvalue weighted by molar-refractivity contribution is 0.0847. The Balaban J connectivity index is 1.65. The molecule has 0 saturated heterocycles. The van der Waals surface area contributed by atoms with E-state index in [0.29, 0.717) is 27.7 Å². The van der Waals surface area contributed by atoms with Crippen molar-refractivity contribution in [3.05, 3.63) is 90.5 Å². The van der Waals surface area contributed by atoms with Gasteiger partial charge in [0, 0.05) is 35.7 Å². The Morgan fingerprint density at radius 2 is 1.57 bits per heavy atom. The molecule has 0 aliphatic carbocycles. The van der Waals surface area contributed by atoms with Crippen molar-refractivity contribution < 1.29 is 9.59 Å². The molecule has 3 aromatic heterocycles. The molecule has 3 heterocycles. The summed E-state index contributed by atoms with van der Waals surface area (Å²) in [6.45, 7) is 0. The molecule has 0 spiro atoms. The quantitative estimate of drug-likeness (QED) is 0.541. The molecule has 0 fully saturated rings. The van der Waals surface area contributed by atoms with Gasteiger partial charge >= 0.3 is 0 Å². The summed E-state index contributed by atoms with van der Waals surface area (Å²) in [4.78, 5) is 37.5. The minimum Gasteiger partial charge on any atom is -0.267 e. The number of hydrogen-bond donors (Lipinski definition) is 2. The largest absolute Gasteiger partial charge is 0.271 e. The van der Waals surface area contributed by atoms with Crippen LogP contribution >= 0.6 is 0 Å². The van der Waals surface area contributed by atoms with Crippen LogP contribution in [0.25, 0.3) is 22.2 Å². The first-order valence-electron chi connectivity index (χ1n) is 8.53. The predicted octanol–water partition coefficient (Wildman–Crippen LogP) is 2.77. The van der Waals surface area contributed by atoms with E-state index in [1.165, 1.54) is 6.20 Å². The highest BCUT2D eigenvalue weighted by Crippen LogP contribution is 2.24. The number of nitrogens with zero attached hydrogens (tertiary/aromatic N) is 3. The fourth-order valence-electron chi connectivity index (χ4n) is 2.78. The number of hydrazine groups is 1. The molecule has 0 atom stereocenters. The molecule has 0 bridgehead atoms.